The maximum atomic E-state index is 14.3. The molecule has 0 unspecified atom stereocenters. The Bertz CT molecular complexity index is 1490. The van der Waals surface area contributed by atoms with Gasteiger partial charge in [-0.25, -0.2) is 4.39 Å². The van der Waals surface area contributed by atoms with Crippen molar-refractivity contribution in [3.05, 3.63) is 82.3 Å². The Labute approximate surface area is 213 Å². The van der Waals surface area contributed by atoms with Gasteiger partial charge in [-0.2, -0.15) is 5.26 Å². The van der Waals surface area contributed by atoms with Gasteiger partial charge in [0.25, 0.3) is 5.91 Å². The molecule has 9 heteroatoms. The number of anilines is 1. The SMILES string of the molecule is Cn1cc(-c2cc(F)cc(CNC(=O)c3cc(N4CC[C@@](C#N)(C5CC5)CC4=O)ccn3)c2)ccc1=O. The van der Waals surface area contributed by atoms with Crippen molar-refractivity contribution in [2.75, 3.05) is 11.4 Å². The largest absolute Gasteiger partial charge is 0.347 e. The normalized spacial score (nSPS) is 19.4. The highest BCUT2D eigenvalue weighted by Crippen LogP contribution is 2.51. The second kappa shape index (κ2) is 9.62. The summed E-state index contributed by atoms with van der Waals surface area (Å²) < 4.78 is 15.7. The highest BCUT2D eigenvalue weighted by atomic mass is 19.1. The third kappa shape index (κ3) is 5.00. The summed E-state index contributed by atoms with van der Waals surface area (Å²) in [6, 6.07) is 13.1. The van der Waals surface area contributed by atoms with Gasteiger partial charge in [0.2, 0.25) is 11.5 Å². The molecule has 0 bridgehead atoms. The second-order valence-corrected chi connectivity index (χ2v) is 9.81. The second-order valence-electron chi connectivity index (χ2n) is 9.81. The molecule has 1 saturated carbocycles. The maximum absolute atomic E-state index is 14.3. The Morgan fingerprint density at radius 2 is 2.00 bits per heavy atom. The molecule has 0 spiro atoms. The topological polar surface area (TPSA) is 108 Å². The molecule has 1 N–H and O–H groups in total. The molecule has 2 fully saturated rings. The molecule has 3 aromatic rings. The lowest BCUT2D eigenvalue weighted by atomic mass is 9.75. The fourth-order valence-electron chi connectivity index (χ4n) is 5.00. The van der Waals surface area contributed by atoms with E-state index in [0.717, 1.165) is 12.8 Å². The third-order valence-electron chi connectivity index (χ3n) is 7.25. The van der Waals surface area contributed by atoms with Crippen LogP contribution in [-0.4, -0.2) is 27.9 Å². The quantitative estimate of drug-likeness (QED) is 0.558. The lowest BCUT2D eigenvalue weighted by Crippen LogP contribution is -2.44. The molecule has 188 valence electrons. The summed E-state index contributed by atoms with van der Waals surface area (Å²) in [5.74, 6) is -0.731. The van der Waals surface area contributed by atoms with E-state index in [9.17, 15) is 24.0 Å². The van der Waals surface area contributed by atoms with Gasteiger partial charge >= 0.3 is 0 Å². The first-order valence-corrected chi connectivity index (χ1v) is 12.2. The molecule has 5 rings (SSSR count). The van der Waals surface area contributed by atoms with E-state index in [-0.39, 0.29) is 30.1 Å². The van der Waals surface area contributed by atoms with Gasteiger partial charge in [0.15, 0.2) is 0 Å². The van der Waals surface area contributed by atoms with Gasteiger partial charge in [-0.1, -0.05) is 0 Å². The molecule has 1 aromatic carbocycles. The van der Waals surface area contributed by atoms with E-state index in [2.05, 4.69) is 16.4 Å². The van der Waals surface area contributed by atoms with Crippen molar-refractivity contribution in [1.29, 1.82) is 5.26 Å². The number of halogens is 1. The van der Waals surface area contributed by atoms with Crippen molar-refractivity contribution in [3.8, 4) is 17.2 Å². The van der Waals surface area contributed by atoms with Crippen LogP contribution in [0.25, 0.3) is 11.1 Å². The van der Waals surface area contributed by atoms with Crippen LogP contribution in [0.2, 0.25) is 0 Å². The maximum Gasteiger partial charge on any atom is 0.270 e. The number of aryl methyl sites for hydroxylation is 1. The predicted molar refractivity (Wildman–Crippen MR) is 135 cm³/mol. The van der Waals surface area contributed by atoms with Gasteiger partial charge in [0.05, 0.1) is 11.5 Å². The highest BCUT2D eigenvalue weighted by Gasteiger charge is 2.50. The molecular formula is C28H26FN5O3. The van der Waals surface area contributed by atoms with Gasteiger partial charge in [-0.3, -0.25) is 19.4 Å². The van der Waals surface area contributed by atoms with Crippen LogP contribution in [0.5, 0.6) is 0 Å². The molecule has 2 amide bonds. The van der Waals surface area contributed by atoms with Crippen LogP contribution in [0.3, 0.4) is 0 Å². The van der Waals surface area contributed by atoms with E-state index in [1.54, 1.807) is 42.4 Å². The van der Waals surface area contributed by atoms with Gasteiger partial charge < -0.3 is 14.8 Å². The van der Waals surface area contributed by atoms with Crippen molar-refractivity contribution in [3.63, 3.8) is 0 Å². The lowest BCUT2D eigenvalue weighted by Gasteiger charge is -2.37. The Kier molecular flexibility index (Phi) is 6.34. The number of carbonyl (C=O) groups is 2. The van der Waals surface area contributed by atoms with Crippen molar-refractivity contribution >= 4 is 17.5 Å². The van der Waals surface area contributed by atoms with E-state index < -0.39 is 17.1 Å². The van der Waals surface area contributed by atoms with Crippen LogP contribution in [0.1, 0.15) is 41.7 Å². The summed E-state index contributed by atoms with van der Waals surface area (Å²) in [5, 5.41) is 12.5. The molecule has 0 radical (unpaired) electrons. The number of rotatable bonds is 6. The minimum atomic E-state index is -0.570. The molecule has 1 aliphatic carbocycles. The lowest BCUT2D eigenvalue weighted by molar-refractivity contribution is -0.122. The average Bonchev–Trinajstić information content (AvgIpc) is 3.75. The number of carbonyl (C=O) groups excluding carboxylic acids is 2. The predicted octanol–water partition coefficient (Wildman–Crippen LogP) is 3.56. The summed E-state index contributed by atoms with van der Waals surface area (Å²) in [6.07, 6.45) is 5.90. The van der Waals surface area contributed by atoms with E-state index in [1.807, 2.05) is 0 Å². The number of amides is 2. The number of benzene rings is 1. The van der Waals surface area contributed by atoms with E-state index in [4.69, 9.17) is 0 Å². The van der Waals surface area contributed by atoms with Crippen molar-refractivity contribution in [1.82, 2.24) is 14.9 Å². The Balaban J connectivity index is 1.28. The van der Waals surface area contributed by atoms with E-state index in [0.29, 0.717) is 41.3 Å². The first kappa shape index (κ1) is 24.4. The number of nitriles is 1. The Morgan fingerprint density at radius 3 is 2.70 bits per heavy atom. The van der Waals surface area contributed by atoms with Crippen molar-refractivity contribution in [2.24, 2.45) is 18.4 Å². The van der Waals surface area contributed by atoms with Gasteiger partial charge in [-0.15, -0.1) is 0 Å². The zero-order chi connectivity index (χ0) is 26.2. The van der Waals surface area contributed by atoms with Crippen molar-refractivity contribution in [2.45, 2.75) is 32.2 Å². The minimum absolute atomic E-state index is 0.0655. The summed E-state index contributed by atoms with van der Waals surface area (Å²) in [4.78, 5) is 43.2. The number of nitrogens with one attached hydrogen (secondary N) is 1. The molecule has 1 aliphatic heterocycles. The molecule has 2 aliphatic rings. The first-order valence-electron chi connectivity index (χ1n) is 12.2. The number of hydrogen-bond acceptors (Lipinski definition) is 5. The molecule has 3 heterocycles. The number of aromatic nitrogens is 2. The Hall–Kier alpha value is -4.32. The fourth-order valence-corrected chi connectivity index (χ4v) is 5.00. The fraction of sp³-hybridized carbons (Fsp3) is 0.321. The molecule has 1 atom stereocenters. The highest BCUT2D eigenvalue weighted by molar-refractivity contribution is 5.97. The third-order valence-corrected chi connectivity index (χ3v) is 7.25. The van der Waals surface area contributed by atoms with Crippen LogP contribution in [0.4, 0.5) is 10.1 Å². The Morgan fingerprint density at radius 1 is 1.19 bits per heavy atom. The number of piperidine rings is 1. The standard InChI is InChI=1S/C28H26FN5O3/c1-33-16-19(2-5-25(33)35)20-10-18(11-22(29)12-20)15-32-27(37)24-13-23(6-8-31-24)34-9-7-28(17-30,14-26(34)36)21-3-4-21/h2,5-6,8,10-13,16,21H,3-4,7,9,14-15H2,1H3,(H,32,37)/t28-/m1/s1. The smallest absolute Gasteiger partial charge is 0.270 e. The van der Waals surface area contributed by atoms with Gasteiger partial charge in [-0.05, 0) is 78.3 Å². The van der Waals surface area contributed by atoms with Crippen LogP contribution >= 0.6 is 0 Å². The average molecular weight is 500 g/mol. The number of nitrogens with zero attached hydrogens (tertiary/aromatic N) is 4. The minimum Gasteiger partial charge on any atom is -0.347 e. The van der Waals surface area contributed by atoms with Gasteiger partial charge in [0.1, 0.15) is 11.5 Å². The van der Waals surface area contributed by atoms with E-state index >= 15 is 0 Å². The van der Waals surface area contributed by atoms with E-state index in [1.165, 1.54) is 29.0 Å². The summed E-state index contributed by atoms with van der Waals surface area (Å²) in [6.45, 7) is 0.487. The summed E-state index contributed by atoms with van der Waals surface area (Å²) in [5.41, 5.74) is 1.78. The van der Waals surface area contributed by atoms with Gasteiger partial charge in [0, 0.05) is 50.7 Å². The monoisotopic (exact) mass is 499 g/mol. The summed E-state index contributed by atoms with van der Waals surface area (Å²) in [7, 11) is 1.62. The molecular weight excluding hydrogens is 473 g/mol. The zero-order valence-electron chi connectivity index (χ0n) is 20.4. The summed E-state index contributed by atoms with van der Waals surface area (Å²) >= 11 is 0. The molecule has 1 saturated heterocycles. The van der Waals surface area contributed by atoms with Crippen LogP contribution < -0.4 is 15.8 Å². The first-order chi connectivity index (χ1) is 17.8. The van der Waals surface area contributed by atoms with Crippen LogP contribution in [0, 0.1) is 28.5 Å². The van der Waals surface area contributed by atoms with Crippen LogP contribution in [0.15, 0.2) is 59.7 Å². The zero-order valence-corrected chi connectivity index (χ0v) is 20.4. The number of hydrogen-bond donors (Lipinski definition) is 1. The molecule has 37 heavy (non-hydrogen) atoms. The molecule has 2 aromatic heterocycles. The number of pyridine rings is 2. The van der Waals surface area contributed by atoms with Crippen LogP contribution in [-0.2, 0) is 18.4 Å². The van der Waals surface area contributed by atoms with Crippen molar-refractivity contribution < 1.29 is 14.0 Å². The molecule has 8 nitrogen and oxygen atoms in total.